The zero-order valence-corrected chi connectivity index (χ0v) is 10.2. The highest BCUT2D eigenvalue weighted by Crippen LogP contribution is 2.18. The summed E-state index contributed by atoms with van der Waals surface area (Å²) in [5, 5.41) is 15.3. The maximum Gasteiger partial charge on any atom is 0.331 e. The van der Waals surface area contributed by atoms with E-state index >= 15 is 0 Å². The Balaban J connectivity index is 2.55. The molecule has 0 spiro atoms. The summed E-state index contributed by atoms with van der Waals surface area (Å²) in [6, 6.07) is 2.20. The van der Waals surface area contributed by atoms with Gasteiger partial charge in [-0.2, -0.15) is 0 Å². The molecule has 2 amide bonds. The molecule has 0 radical (unpaired) electrons. The van der Waals surface area contributed by atoms with Crippen LogP contribution in [0.1, 0.15) is 10.9 Å². The van der Waals surface area contributed by atoms with E-state index in [2.05, 4.69) is 10.6 Å². The fourth-order valence-corrected chi connectivity index (χ4v) is 1.94. The summed E-state index contributed by atoms with van der Waals surface area (Å²) in [5.41, 5.74) is 5.05. The highest BCUT2D eigenvalue weighted by molar-refractivity contribution is 7.10. The summed E-state index contributed by atoms with van der Waals surface area (Å²) in [6.07, 6.45) is 0. The summed E-state index contributed by atoms with van der Waals surface area (Å²) in [7, 11) is 0. The lowest BCUT2D eigenvalue weighted by Crippen LogP contribution is -2.42. The van der Waals surface area contributed by atoms with E-state index in [4.69, 9.17) is 10.8 Å². The van der Waals surface area contributed by atoms with Crippen LogP contribution in [0.2, 0.25) is 0 Å². The Bertz CT molecular complexity index is 432. The molecular formula is C10H13N3O4S. The van der Waals surface area contributed by atoms with Gasteiger partial charge in [0, 0.05) is 4.88 Å². The third kappa shape index (κ3) is 4.15. The van der Waals surface area contributed by atoms with Crippen LogP contribution in [0.15, 0.2) is 17.5 Å². The molecule has 1 unspecified atom stereocenters. The molecule has 0 aliphatic rings. The molecule has 5 N–H and O–H groups in total. The Labute approximate surface area is 107 Å². The van der Waals surface area contributed by atoms with Crippen LogP contribution in [0.4, 0.5) is 0 Å². The van der Waals surface area contributed by atoms with Crippen LogP contribution in [0.3, 0.4) is 0 Å². The Kier molecular flexibility index (Phi) is 5.28. The second kappa shape index (κ2) is 6.72. The first-order valence-electron chi connectivity index (χ1n) is 5.07. The lowest BCUT2D eigenvalue weighted by atomic mass is 10.2. The number of carboxylic acids is 1. The molecule has 18 heavy (non-hydrogen) atoms. The van der Waals surface area contributed by atoms with Gasteiger partial charge in [-0.3, -0.25) is 9.59 Å². The molecule has 1 atom stereocenters. The zero-order valence-electron chi connectivity index (χ0n) is 9.38. The SMILES string of the molecule is NCC(=O)NCC(=O)NC(C(=O)O)c1cccs1. The van der Waals surface area contributed by atoms with Gasteiger partial charge in [0.1, 0.15) is 0 Å². The van der Waals surface area contributed by atoms with Crippen molar-refractivity contribution in [3.05, 3.63) is 22.4 Å². The predicted molar refractivity (Wildman–Crippen MR) is 64.9 cm³/mol. The summed E-state index contributed by atoms with van der Waals surface area (Å²) in [6.45, 7) is -0.522. The molecule has 98 valence electrons. The van der Waals surface area contributed by atoms with E-state index in [-0.39, 0.29) is 13.1 Å². The molecule has 0 fully saturated rings. The van der Waals surface area contributed by atoms with E-state index in [1.807, 2.05) is 0 Å². The Hall–Kier alpha value is -1.93. The highest BCUT2D eigenvalue weighted by atomic mass is 32.1. The fraction of sp³-hybridized carbons (Fsp3) is 0.300. The van der Waals surface area contributed by atoms with Crippen molar-refractivity contribution in [3.63, 3.8) is 0 Å². The van der Waals surface area contributed by atoms with E-state index in [9.17, 15) is 14.4 Å². The minimum atomic E-state index is -1.16. The highest BCUT2D eigenvalue weighted by Gasteiger charge is 2.22. The Morgan fingerprint density at radius 3 is 2.61 bits per heavy atom. The monoisotopic (exact) mass is 271 g/mol. The standard InChI is InChI=1S/C10H13N3O4S/c11-4-7(14)12-5-8(15)13-9(10(16)17)6-2-1-3-18-6/h1-3,9H,4-5,11H2,(H,12,14)(H,13,15)(H,16,17). The van der Waals surface area contributed by atoms with E-state index in [1.165, 1.54) is 11.3 Å². The fourth-order valence-electron chi connectivity index (χ4n) is 1.17. The van der Waals surface area contributed by atoms with E-state index < -0.39 is 23.8 Å². The van der Waals surface area contributed by atoms with Crippen LogP contribution in [-0.2, 0) is 14.4 Å². The third-order valence-corrected chi connectivity index (χ3v) is 2.95. The van der Waals surface area contributed by atoms with Crippen LogP contribution in [0.25, 0.3) is 0 Å². The van der Waals surface area contributed by atoms with Gasteiger partial charge in [-0.15, -0.1) is 11.3 Å². The molecule has 0 aliphatic heterocycles. The van der Waals surface area contributed by atoms with Crippen LogP contribution >= 0.6 is 11.3 Å². The van der Waals surface area contributed by atoms with Crippen LogP contribution in [0.5, 0.6) is 0 Å². The first-order chi connectivity index (χ1) is 8.54. The number of nitrogens with one attached hydrogen (secondary N) is 2. The van der Waals surface area contributed by atoms with Gasteiger partial charge < -0.3 is 21.5 Å². The number of thiophene rings is 1. The van der Waals surface area contributed by atoms with Crippen molar-refractivity contribution in [2.45, 2.75) is 6.04 Å². The minimum absolute atomic E-state index is 0.222. The number of rotatable bonds is 6. The normalized spacial score (nSPS) is 11.6. The first-order valence-corrected chi connectivity index (χ1v) is 5.95. The van der Waals surface area contributed by atoms with Crippen LogP contribution < -0.4 is 16.4 Å². The topological polar surface area (TPSA) is 122 Å². The van der Waals surface area contributed by atoms with Crippen molar-refractivity contribution in [1.82, 2.24) is 10.6 Å². The average Bonchev–Trinajstić information content (AvgIpc) is 2.86. The molecule has 1 rings (SSSR count). The summed E-state index contributed by atoms with van der Waals surface area (Å²) < 4.78 is 0. The molecule has 8 heteroatoms. The quantitative estimate of drug-likeness (QED) is 0.532. The first kappa shape index (κ1) is 14.1. The Morgan fingerprint density at radius 2 is 2.11 bits per heavy atom. The number of aliphatic carboxylic acids is 1. The number of carbonyl (C=O) groups is 3. The molecule has 1 aromatic rings. The number of carboxylic acid groups (broad SMARTS) is 1. The molecule has 0 aliphatic carbocycles. The smallest absolute Gasteiger partial charge is 0.331 e. The largest absolute Gasteiger partial charge is 0.479 e. The van der Waals surface area contributed by atoms with Crippen molar-refractivity contribution in [2.75, 3.05) is 13.1 Å². The number of hydrogen-bond acceptors (Lipinski definition) is 5. The van der Waals surface area contributed by atoms with E-state index in [1.54, 1.807) is 17.5 Å². The Morgan fingerprint density at radius 1 is 1.39 bits per heavy atom. The number of nitrogens with two attached hydrogens (primary N) is 1. The molecule has 1 aromatic heterocycles. The van der Waals surface area contributed by atoms with Crippen molar-refractivity contribution in [3.8, 4) is 0 Å². The number of amides is 2. The lowest BCUT2D eigenvalue weighted by Gasteiger charge is -2.13. The van der Waals surface area contributed by atoms with Crippen molar-refractivity contribution >= 4 is 29.1 Å². The summed E-state index contributed by atoms with van der Waals surface area (Å²) in [4.78, 5) is 33.8. The number of hydrogen-bond donors (Lipinski definition) is 4. The van der Waals surface area contributed by atoms with Gasteiger partial charge in [-0.05, 0) is 11.4 Å². The van der Waals surface area contributed by atoms with Gasteiger partial charge in [0.05, 0.1) is 13.1 Å². The zero-order chi connectivity index (χ0) is 13.5. The van der Waals surface area contributed by atoms with Gasteiger partial charge in [0.2, 0.25) is 11.8 Å². The maximum absolute atomic E-state index is 11.4. The second-order valence-electron chi connectivity index (χ2n) is 3.34. The molecule has 7 nitrogen and oxygen atoms in total. The average molecular weight is 271 g/mol. The number of carbonyl (C=O) groups excluding carboxylic acids is 2. The summed E-state index contributed by atoms with van der Waals surface area (Å²) in [5.74, 6) is -2.22. The van der Waals surface area contributed by atoms with Crippen molar-refractivity contribution in [1.29, 1.82) is 0 Å². The lowest BCUT2D eigenvalue weighted by molar-refractivity contribution is -0.141. The second-order valence-corrected chi connectivity index (χ2v) is 4.31. The van der Waals surface area contributed by atoms with E-state index in [0.717, 1.165) is 0 Å². The van der Waals surface area contributed by atoms with Crippen molar-refractivity contribution < 1.29 is 19.5 Å². The van der Waals surface area contributed by atoms with Gasteiger partial charge in [-0.1, -0.05) is 6.07 Å². The molecule has 0 aromatic carbocycles. The predicted octanol–water partition coefficient (Wildman–Crippen LogP) is -0.935. The van der Waals surface area contributed by atoms with Crippen LogP contribution in [0, 0.1) is 0 Å². The molecule has 0 saturated carbocycles. The molecule has 1 heterocycles. The van der Waals surface area contributed by atoms with Gasteiger partial charge in [0.15, 0.2) is 6.04 Å². The third-order valence-electron chi connectivity index (χ3n) is 2.01. The maximum atomic E-state index is 11.4. The molecular weight excluding hydrogens is 258 g/mol. The minimum Gasteiger partial charge on any atom is -0.479 e. The van der Waals surface area contributed by atoms with Gasteiger partial charge in [0.25, 0.3) is 0 Å². The molecule has 0 saturated heterocycles. The molecule has 0 bridgehead atoms. The van der Waals surface area contributed by atoms with E-state index in [0.29, 0.717) is 4.88 Å². The summed E-state index contributed by atoms with van der Waals surface area (Å²) >= 11 is 1.23. The van der Waals surface area contributed by atoms with Crippen molar-refractivity contribution in [2.24, 2.45) is 5.73 Å². The van der Waals surface area contributed by atoms with Gasteiger partial charge in [-0.25, -0.2) is 4.79 Å². The van der Waals surface area contributed by atoms with Crippen LogP contribution in [-0.4, -0.2) is 36.0 Å². The van der Waals surface area contributed by atoms with Gasteiger partial charge >= 0.3 is 5.97 Å².